The van der Waals surface area contributed by atoms with Gasteiger partial charge in [-0.25, -0.2) is 0 Å². The van der Waals surface area contributed by atoms with E-state index in [0.717, 1.165) is 30.6 Å². The molecule has 1 aliphatic carbocycles. The van der Waals surface area contributed by atoms with Crippen LogP contribution in [0.4, 0.5) is 0 Å². The number of hydrogen-bond donors (Lipinski definition) is 1. The molecule has 1 amide bonds. The van der Waals surface area contributed by atoms with Crippen molar-refractivity contribution in [3.63, 3.8) is 0 Å². The Kier molecular flexibility index (Phi) is 4.27. The van der Waals surface area contributed by atoms with Crippen molar-refractivity contribution < 1.29 is 4.79 Å². The number of thioether (sulfide) groups is 1. The SMILES string of the molecule is N#CC1(NC(=O)CSc2ccccc2)CCCC1. The third-order valence-electron chi connectivity index (χ3n) is 3.16. The van der Waals surface area contributed by atoms with Crippen LogP contribution in [0.25, 0.3) is 0 Å². The first-order valence-electron chi connectivity index (χ1n) is 6.14. The highest BCUT2D eigenvalue weighted by Crippen LogP contribution is 2.29. The minimum absolute atomic E-state index is 0.0488. The zero-order chi connectivity index (χ0) is 12.8. The molecule has 0 spiro atoms. The van der Waals surface area contributed by atoms with Crippen molar-refractivity contribution in [1.82, 2.24) is 5.32 Å². The van der Waals surface area contributed by atoms with Crippen LogP contribution in [-0.2, 0) is 4.79 Å². The summed E-state index contributed by atoms with van der Waals surface area (Å²) in [6, 6.07) is 12.1. The highest BCUT2D eigenvalue weighted by atomic mass is 32.2. The number of carbonyl (C=O) groups is 1. The minimum atomic E-state index is -0.603. The monoisotopic (exact) mass is 260 g/mol. The van der Waals surface area contributed by atoms with E-state index in [1.807, 2.05) is 30.3 Å². The highest BCUT2D eigenvalue weighted by molar-refractivity contribution is 8.00. The maximum Gasteiger partial charge on any atom is 0.231 e. The molecule has 0 radical (unpaired) electrons. The van der Waals surface area contributed by atoms with Crippen molar-refractivity contribution in [3.8, 4) is 6.07 Å². The summed E-state index contributed by atoms with van der Waals surface area (Å²) in [6.07, 6.45) is 3.62. The Morgan fingerprint density at radius 2 is 2.00 bits per heavy atom. The number of nitrogens with one attached hydrogen (secondary N) is 1. The molecule has 0 bridgehead atoms. The Morgan fingerprint density at radius 3 is 2.61 bits per heavy atom. The molecule has 3 nitrogen and oxygen atoms in total. The molecule has 0 saturated heterocycles. The van der Waals surface area contributed by atoms with E-state index in [2.05, 4.69) is 11.4 Å². The number of amides is 1. The second-order valence-corrected chi connectivity index (χ2v) is 5.60. The molecule has 0 aromatic heterocycles. The van der Waals surface area contributed by atoms with Gasteiger partial charge in [-0.05, 0) is 37.8 Å². The van der Waals surface area contributed by atoms with Gasteiger partial charge >= 0.3 is 0 Å². The quantitative estimate of drug-likeness (QED) is 0.847. The molecule has 1 N–H and O–H groups in total. The van der Waals surface area contributed by atoms with E-state index in [1.165, 1.54) is 11.8 Å². The zero-order valence-electron chi connectivity index (χ0n) is 10.2. The maximum atomic E-state index is 11.9. The molecule has 94 valence electrons. The molecule has 1 aromatic rings. The third-order valence-corrected chi connectivity index (χ3v) is 4.17. The Labute approximate surface area is 112 Å². The van der Waals surface area contributed by atoms with E-state index in [9.17, 15) is 10.1 Å². The summed E-state index contributed by atoms with van der Waals surface area (Å²) in [6.45, 7) is 0. The fraction of sp³-hybridized carbons (Fsp3) is 0.429. The molecule has 18 heavy (non-hydrogen) atoms. The second-order valence-electron chi connectivity index (χ2n) is 4.55. The van der Waals surface area contributed by atoms with Crippen molar-refractivity contribution in [2.45, 2.75) is 36.1 Å². The van der Waals surface area contributed by atoms with Gasteiger partial charge < -0.3 is 5.32 Å². The first-order valence-corrected chi connectivity index (χ1v) is 7.13. The van der Waals surface area contributed by atoms with E-state index in [4.69, 9.17) is 0 Å². The number of rotatable bonds is 4. The van der Waals surface area contributed by atoms with Crippen LogP contribution < -0.4 is 5.32 Å². The van der Waals surface area contributed by atoms with Gasteiger partial charge in [-0.3, -0.25) is 4.79 Å². The Balaban J connectivity index is 1.84. The predicted octanol–water partition coefficient (Wildman–Crippen LogP) is 2.73. The van der Waals surface area contributed by atoms with Gasteiger partial charge in [0.2, 0.25) is 5.91 Å². The molecule has 1 aromatic carbocycles. The summed E-state index contributed by atoms with van der Waals surface area (Å²) in [4.78, 5) is 12.9. The minimum Gasteiger partial charge on any atom is -0.337 e. The third kappa shape index (κ3) is 3.27. The highest BCUT2D eigenvalue weighted by Gasteiger charge is 2.35. The first kappa shape index (κ1) is 13.0. The van der Waals surface area contributed by atoms with Crippen molar-refractivity contribution >= 4 is 17.7 Å². The van der Waals surface area contributed by atoms with Crippen molar-refractivity contribution in [2.24, 2.45) is 0 Å². The largest absolute Gasteiger partial charge is 0.337 e. The average molecular weight is 260 g/mol. The molecule has 0 unspecified atom stereocenters. The maximum absolute atomic E-state index is 11.9. The molecule has 1 aliphatic rings. The van der Waals surface area contributed by atoms with Crippen LogP contribution in [0.3, 0.4) is 0 Å². The summed E-state index contributed by atoms with van der Waals surface area (Å²) in [5.41, 5.74) is -0.603. The van der Waals surface area contributed by atoms with Crippen molar-refractivity contribution in [3.05, 3.63) is 30.3 Å². The van der Waals surface area contributed by atoms with Crippen LogP contribution >= 0.6 is 11.8 Å². The van der Waals surface area contributed by atoms with E-state index >= 15 is 0 Å². The van der Waals surface area contributed by atoms with Gasteiger partial charge in [0.05, 0.1) is 11.8 Å². The summed E-state index contributed by atoms with van der Waals surface area (Å²) >= 11 is 1.50. The fourth-order valence-corrected chi connectivity index (χ4v) is 2.93. The Hall–Kier alpha value is -1.47. The van der Waals surface area contributed by atoms with Gasteiger partial charge in [-0.1, -0.05) is 18.2 Å². The molecule has 1 saturated carbocycles. The lowest BCUT2D eigenvalue weighted by molar-refractivity contribution is -0.119. The van der Waals surface area contributed by atoms with Gasteiger partial charge in [0.15, 0.2) is 0 Å². The molecular formula is C14H16N2OS. The Morgan fingerprint density at radius 1 is 1.33 bits per heavy atom. The number of carbonyl (C=O) groups excluding carboxylic acids is 1. The lowest BCUT2D eigenvalue weighted by atomic mass is 10.0. The number of nitrogens with zero attached hydrogens (tertiary/aromatic N) is 1. The van der Waals surface area contributed by atoms with Gasteiger partial charge in [0, 0.05) is 4.90 Å². The molecule has 0 atom stereocenters. The van der Waals surface area contributed by atoms with Gasteiger partial charge in [-0.15, -0.1) is 11.8 Å². The van der Waals surface area contributed by atoms with Gasteiger partial charge in [-0.2, -0.15) is 5.26 Å². The predicted molar refractivity (Wildman–Crippen MR) is 72.1 cm³/mol. The molecule has 0 aliphatic heterocycles. The van der Waals surface area contributed by atoms with Crippen LogP contribution in [0.2, 0.25) is 0 Å². The zero-order valence-corrected chi connectivity index (χ0v) is 11.0. The summed E-state index contributed by atoms with van der Waals surface area (Å²) < 4.78 is 0. The summed E-state index contributed by atoms with van der Waals surface area (Å²) in [7, 11) is 0. The van der Waals surface area contributed by atoms with Gasteiger partial charge in [0.25, 0.3) is 0 Å². The average Bonchev–Trinajstić information content (AvgIpc) is 2.87. The van der Waals surface area contributed by atoms with Crippen LogP contribution in [0.15, 0.2) is 35.2 Å². The number of nitriles is 1. The number of benzene rings is 1. The first-order chi connectivity index (χ1) is 8.74. The van der Waals surface area contributed by atoms with Crippen molar-refractivity contribution in [1.29, 1.82) is 5.26 Å². The molecule has 4 heteroatoms. The lowest BCUT2D eigenvalue weighted by Gasteiger charge is -2.21. The van der Waals surface area contributed by atoms with E-state index in [-0.39, 0.29) is 5.91 Å². The van der Waals surface area contributed by atoms with Crippen LogP contribution in [0.5, 0.6) is 0 Å². The van der Waals surface area contributed by atoms with Crippen LogP contribution in [0.1, 0.15) is 25.7 Å². The second kappa shape index (κ2) is 5.92. The Bertz CT molecular complexity index is 447. The lowest BCUT2D eigenvalue weighted by Crippen LogP contribution is -2.45. The topological polar surface area (TPSA) is 52.9 Å². The molecule has 0 heterocycles. The van der Waals surface area contributed by atoms with E-state index < -0.39 is 5.54 Å². The summed E-state index contributed by atoms with van der Waals surface area (Å²) in [5, 5.41) is 12.1. The van der Waals surface area contributed by atoms with E-state index in [1.54, 1.807) is 0 Å². The summed E-state index contributed by atoms with van der Waals surface area (Å²) in [5.74, 6) is 0.320. The van der Waals surface area contributed by atoms with E-state index in [0.29, 0.717) is 5.75 Å². The smallest absolute Gasteiger partial charge is 0.231 e. The normalized spacial score (nSPS) is 17.1. The van der Waals surface area contributed by atoms with Crippen LogP contribution in [0, 0.1) is 11.3 Å². The standard InChI is InChI=1S/C14H16N2OS/c15-11-14(8-4-5-9-14)16-13(17)10-18-12-6-2-1-3-7-12/h1-3,6-7H,4-5,8-10H2,(H,16,17). The van der Waals surface area contributed by atoms with Gasteiger partial charge in [0.1, 0.15) is 5.54 Å². The molecule has 1 fully saturated rings. The molecular weight excluding hydrogens is 244 g/mol. The van der Waals surface area contributed by atoms with Crippen LogP contribution in [-0.4, -0.2) is 17.2 Å². The van der Waals surface area contributed by atoms with Crippen molar-refractivity contribution in [2.75, 3.05) is 5.75 Å². The molecule has 2 rings (SSSR count). The fourth-order valence-electron chi connectivity index (χ4n) is 2.21. The number of hydrogen-bond acceptors (Lipinski definition) is 3.